The standard InChI is InChI=1S/C32H41F3N4O3S/c1-22(2)43-26-10-11-29(31(18-26)42-4)36-14-6-7-24-17-27-28(8-5-9-30(27)39(24)21-32(33,34)35)37-23-12-15-38(16-13-23)19-25(40)20-41-3/h5,8-11,17-18,22-23,25,36-37,40H,12-16,19-21H2,1-4H3. The number of likely N-dealkylation sites (tertiary alicyclic amines) is 1. The first-order valence-electron chi connectivity index (χ1n) is 14.5. The fourth-order valence-corrected chi connectivity index (χ4v) is 6.19. The minimum Gasteiger partial charge on any atom is -0.495 e. The van der Waals surface area contributed by atoms with E-state index >= 15 is 0 Å². The number of aliphatic hydroxyl groups excluding tert-OH is 1. The van der Waals surface area contributed by atoms with E-state index in [-0.39, 0.29) is 12.6 Å². The van der Waals surface area contributed by atoms with E-state index in [1.165, 1.54) is 4.57 Å². The zero-order valence-corrected chi connectivity index (χ0v) is 25.9. The highest BCUT2D eigenvalue weighted by Crippen LogP contribution is 2.33. The Balaban J connectivity index is 1.49. The second-order valence-electron chi connectivity index (χ2n) is 11.0. The molecule has 1 saturated heterocycles. The van der Waals surface area contributed by atoms with Crippen molar-refractivity contribution >= 4 is 34.0 Å². The molecule has 0 aliphatic carbocycles. The van der Waals surface area contributed by atoms with Crippen molar-refractivity contribution in [3.63, 3.8) is 0 Å². The molecule has 0 spiro atoms. The number of alkyl halides is 3. The minimum absolute atomic E-state index is 0.173. The number of anilines is 2. The summed E-state index contributed by atoms with van der Waals surface area (Å²) in [5.41, 5.74) is 2.36. The van der Waals surface area contributed by atoms with Crippen LogP contribution >= 0.6 is 11.8 Å². The molecule has 0 bridgehead atoms. The lowest BCUT2D eigenvalue weighted by molar-refractivity contribution is -0.140. The van der Waals surface area contributed by atoms with Crippen molar-refractivity contribution < 1.29 is 27.8 Å². The maximum absolute atomic E-state index is 13.6. The van der Waals surface area contributed by atoms with Gasteiger partial charge in [0.25, 0.3) is 0 Å². The smallest absolute Gasteiger partial charge is 0.406 e. The quantitative estimate of drug-likeness (QED) is 0.168. The van der Waals surface area contributed by atoms with Crippen LogP contribution in [0, 0.1) is 11.8 Å². The van der Waals surface area contributed by atoms with E-state index < -0.39 is 18.8 Å². The maximum atomic E-state index is 13.6. The molecule has 0 amide bonds. The molecule has 3 aromatic rings. The Kier molecular flexibility index (Phi) is 11.5. The summed E-state index contributed by atoms with van der Waals surface area (Å²) in [4.78, 5) is 3.30. The Hall–Kier alpha value is -3.04. The molecule has 11 heteroatoms. The fraction of sp³-hybridized carbons (Fsp3) is 0.500. The first-order chi connectivity index (χ1) is 20.6. The topological polar surface area (TPSA) is 70.9 Å². The molecule has 3 N–H and O–H groups in total. The van der Waals surface area contributed by atoms with Gasteiger partial charge in [0.2, 0.25) is 0 Å². The highest BCUT2D eigenvalue weighted by atomic mass is 32.2. The lowest BCUT2D eigenvalue weighted by Gasteiger charge is -2.34. The molecule has 1 unspecified atom stereocenters. The summed E-state index contributed by atoms with van der Waals surface area (Å²) in [7, 11) is 3.17. The molecule has 1 aliphatic rings. The predicted octanol–water partition coefficient (Wildman–Crippen LogP) is 6.06. The highest BCUT2D eigenvalue weighted by Gasteiger charge is 2.30. The van der Waals surface area contributed by atoms with Crippen LogP contribution in [0.1, 0.15) is 32.4 Å². The van der Waals surface area contributed by atoms with Crippen LogP contribution in [-0.4, -0.2) is 85.2 Å². The van der Waals surface area contributed by atoms with Gasteiger partial charge in [-0.3, -0.25) is 0 Å². The number of aliphatic hydroxyl groups is 1. The number of fused-ring (bicyclic) bond motifs is 1. The van der Waals surface area contributed by atoms with Crippen molar-refractivity contribution in [1.82, 2.24) is 9.47 Å². The van der Waals surface area contributed by atoms with Crippen LogP contribution < -0.4 is 15.4 Å². The summed E-state index contributed by atoms with van der Waals surface area (Å²) in [6, 6.07) is 13.2. The average Bonchev–Trinajstić information content (AvgIpc) is 3.29. The van der Waals surface area contributed by atoms with Gasteiger partial charge in [0, 0.05) is 54.0 Å². The van der Waals surface area contributed by atoms with Gasteiger partial charge in [0.1, 0.15) is 12.3 Å². The van der Waals surface area contributed by atoms with Gasteiger partial charge in [-0.1, -0.05) is 25.8 Å². The number of rotatable bonds is 12. The summed E-state index contributed by atoms with van der Waals surface area (Å²) >= 11 is 1.73. The van der Waals surface area contributed by atoms with Gasteiger partial charge in [-0.25, -0.2) is 0 Å². The van der Waals surface area contributed by atoms with Crippen molar-refractivity contribution in [3.05, 3.63) is 48.2 Å². The number of aromatic nitrogens is 1. The Morgan fingerprint density at radius 2 is 1.86 bits per heavy atom. The van der Waals surface area contributed by atoms with Gasteiger partial charge in [-0.2, -0.15) is 13.2 Å². The van der Waals surface area contributed by atoms with Gasteiger partial charge in [-0.15, -0.1) is 11.8 Å². The van der Waals surface area contributed by atoms with Crippen molar-refractivity contribution in [1.29, 1.82) is 0 Å². The van der Waals surface area contributed by atoms with Crippen molar-refractivity contribution in [3.8, 4) is 17.6 Å². The zero-order chi connectivity index (χ0) is 31.0. The summed E-state index contributed by atoms with van der Waals surface area (Å²) in [5.74, 6) is 6.66. The second-order valence-corrected chi connectivity index (χ2v) is 12.6. The number of methoxy groups -OCH3 is 2. The summed E-state index contributed by atoms with van der Waals surface area (Å²) in [6.07, 6.45) is -3.20. The second kappa shape index (κ2) is 15.1. The van der Waals surface area contributed by atoms with Gasteiger partial charge in [-0.05, 0) is 55.2 Å². The molecule has 7 nitrogen and oxygen atoms in total. The van der Waals surface area contributed by atoms with E-state index in [9.17, 15) is 18.3 Å². The summed E-state index contributed by atoms with van der Waals surface area (Å²) < 4.78 is 52.7. The number of ether oxygens (including phenoxy) is 2. The zero-order valence-electron chi connectivity index (χ0n) is 25.1. The van der Waals surface area contributed by atoms with Gasteiger partial charge >= 0.3 is 6.18 Å². The van der Waals surface area contributed by atoms with Crippen LogP contribution in [0.3, 0.4) is 0 Å². The molecule has 2 aromatic carbocycles. The monoisotopic (exact) mass is 618 g/mol. The third kappa shape index (κ3) is 9.47. The molecule has 1 atom stereocenters. The molecule has 0 saturated carbocycles. The van der Waals surface area contributed by atoms with Crippen LogP contribution in [0.2, 0.25) is 0 Å². The Labute approximate surface area is 256 Å². The van der Waals surface area contributed by atoms with Gasteiger partial charge < -0.3 is 34.7 Å². The summed E-state index contributed by atoms with van der Waals surface area (Å²) in [6.45, 7) is 5.86. The number of nitrogens with one attached hydrogen (secondary N) is 2. The van der Waals surface area contributed by atoms with Crippen LogP contribution in [-0.2, 0) is 11.3 Å². The molecule has 4 rings (SSSR count). The van der Waals surface area contributed by atoms with E-state index in [1.807, 2.05) is 24.3 Å². The fourth-order valence-electron chi connectivity index (χ4n) is 5.32. The Bertz CT molecular complexity index is 1410. The third-order valence-electron chi connectivity index (χ3n) is 7.19. The predicted molar refractivity (Wildman–Crippen MR) is 168 cm³/mol. The lowest BCUT2D eigenvalue weighted by Crippen LogP contribution is -2.43. The molecule has 234 valence electrons. The van der Waals surface area contributed by atoms with E-state index in [4.69, 9.17) is 9.47 Å². The van der Waals surface area contributed by atoms with E-state index in [0.29, 0.717) is 40.7 Å². The van der Waals surface area contributed by atoms with Crippen LogP contribution in [0.15, 0.2) is 47.4 Å². The summed E-state index contributed by atoms with van der Waals surface area (Å²) in [5, 5.41) is 18.0. The number of β-amino-alcohol motifs (C(OH)–C–C–N with tert-alkyl or cyclic N) is 1. The molecular formula is C32H41F3N4O3S. The molecule has 43 heavy (non-hydrogen) atoms. The normalized spacial score (nSPS) is 15.4. The SMILES string of the molecule is COCC(O)CN1CCC(Nc2cccc3c2cc(C#CCNc2ccc(SC(C)C)cc2OC)n3CC(F)(F)F)CC1. The molecule has 1 fully saturated rings. The largest absolute Gasteiger partial charge is 0.495 e. The van der Waals surface area contributed by atoms with Crippen LogP contribution in [0.25, 0.3) is 10.9 Å². The molecular weight excluding hydrogens is 577 g/mol. The highest BCUT2D eigenvalue weighted by molar-refractivity contribution is 7.99. The Morgan fingerprint density at radius 1 is 1.09 bits per heavy atom. The van der Waals surface area contributed by atoms with E-state index in [0.717, 1.165) is 42.2 Å². The van der Waals surface area contributed by atoms with Crippen LogP contribution in [0.4, 0.5) is 24.5 Å². The molecule has 0 radical (unpaired) electrons. The first-order valence-corrected chi connectivity index (χ1v) is 15.4. The number of benzene rings is 2. The molecule has 1 aliphatic heterocycles. The average molecular weight is 619 g/mol. The van der Waals surface area contributed by atoms with Crippen molar-refractivity contribution in [2.24, 2.45) is 0 Å². The number of thioether (sulfide) groups is 1. The van der Waals surface area contributed by atoms with Gasteiger partial charge in [0.05, 0.1) is 43.3 Å². The Morgan fingerprint density at radius 3 is 2.53 bits per heavy atom. The number of nitrogens with zero attached hydrogens (tertiary/aromatic N) is 2. The first kappa shape index (κ1) is 32.9. The van der Waals surface area contributed by atoms with E-state index in [2.05, 4.69) is 41.2 Å². The molecule has 1 aromatic heterocycles. The van der Waals surface area contributed by atoms with Crippen molar-refractivity contribution in [2.75, 3.05) is 57.6 Å². The van der Waals surface area contributed by atoms with Crippen molar-refractivity contribution in [2.45, 2.75) is 61.7 Å². The van der Waals surface area contributed by atoms with E-state index in [1.54, 1.807) is 44.2 Å². The number of hydrogen-bond donors (Lipinski definition) is 3. The maximum Gasteiger partial charge on any atom is 0.406 e. The lowest BCUT2D eigenvalue weighted by atomic mass is 10.0. The van der Waals surface area contributed by atoms with Gasteiger partial charge in [0.15, 0.2) is 0 Å². The number of hydrogen-bond acceptors (Lipinski definition) is 7. The minimum atomic E-state index is -4.40. The number of halogens is 3. The third-order valence-corrected chi connectivity index (χ3v) is 8.18. The molecule has 2 heterocycles. The number of piperidine rings is 1. The van der Waals surface area contributed by atoms with Crippen LogP contribution in [0.5, 0.6) is 5.75 Å².